The van der Waals surface area contributed by atoms with Crippen molar-refractivity contribution >= 4 is 5.78 Å². The highest BCUT2D eigenvalue weighted by Crippen LogP contribution is 2.25. The zero-order valence-electron chi connectivity index (χ0n) is 11.3. The minimum Gasteiger partial charge on any atom is -0.461 e. The molecule has 0 bridgehead atoms. The quantitative estimate of drug-likeness (QED) is 0.846. The van der Waals surface area contributed by atoms with E-state index in [1.165, 1.54) is 17.3 Å². The first kappa shape index (κ1) is 13.3. The van der Waals surface area contributed by atoms with E-state index in [9.17, 15) is 4.79 Å². The first-order valence-corrected chi connectivity index (χ1v) is 6.08. The first-order valence-electron chi connectivity index (χ1n) is 6.08. The van der Waals surface area contributed by atoms with Gasteiger partial charge in [0, 0.05) is 5.41 Å². The van der Waals surface area contributed by atoms with Gasteiger partial charge in [-0.1, -0.05) is 39.0 Å². The van der Waals surface area contributed by atoms with E-state index in [0.29, 0.717) is 5.75 Å². The molecule has 1 unspecified atom stereocenters. The number of hydrogen-bond acceptors (Lipinski definition) is 4. The van der Waals surface area contributed by atoms with Gasteiger partial charge in [0.2, 0.25) is 5.78 Å². The molecule has 0 aliphatic heterocycles. The van der Waals surface area contributed by atoms with Gasteiger partial charge in [0.05, 0.1) is 0 Å². The SMILES string of the molecule is CC(C)(C)C(=O)C(Oc1ccccc1)n1cncn1. The Morgan fingerprint density at radius 1 is 1.26 bits per heavy atom. The zero-order valence-corrected chi connectivity index (χ0v) is 11.3. The molecule has 0 fully saturated rings. The molecule has 0 saturated heterocycles. The van der Waals surface area contributed by atoms with E-state index in [0.717, 1.165) is 0 Å². The van der Waals surface area contributed by atoms with Crippen molar-refractivity contribution in [3.8, 4) is 5.75 Å². The van der Waals surface area contributed by atoms with Crippen molar-refractivity contribution in [1.82, 2.24) is 14.8 Å². The van der Waals surface area contributed by atoms with Crippen LogP contribution in [0.4, 0.5) is 0 Å². The van der Waals surface area contributed by atoms with Crippen molar-refractivity contribution in [2.45, 2.75) is 27.0 Å². The lowest BCUT2D eigenvalue weighted by molar-refractivity contribution is -0.138. The third-order valence-electron chi connectivity index (χ3n) is 2.63. The molecular weight excluding hydrogens is 242 g/mol. The number of rotatable bonds is 4. The summed E-state index contributed by atoms with van der Waals surface area (Å²) < 4.78 is 7.19. The fourth-order valence-electron chi connectivity index (χ4n) is 1.56. The Balaban J connectivity index is 2.28. The molecule has 0 saturated carbocycles. The molecule has 5 nitrogen and oxygen atoms in total. The minimum absolute atomic E-state index is 0.0538. The standard InChI is InChI=1S/C14H17N3O2/c1-14(2,3)12(18)13(17-10-15-9-16-17)19-11-7-5-4-6-8-11/h4-10,13H,1-3H3. The van der Waals surface area contributed by atoms with Crippen molar-refractivity contribution in [1.29, 1.82) is 0 Å². The van der Waals surface area contributed by atoms with Crippen LogP contribution in [-0.4, -0.2) is 20.5 Å². The largest absolute Gasteiger partial charge is 0.461 e. The summed E-state index contributed by atoms with van der Waals surface area (Å²) in [6.07, 6.45) is 2.07. The molecule has 5 heteroatoms. The van der Waals surface area contributed by atoms with E-state index in [2.05, 4.69) is 10.1 Å². The van der Waals surface area contributed by atoms with Crippen LogP contribution in [-0.2, 0) is 4.79 Å². The predicted octanol–water partition coefficient (Wildman–Crippen LogP) is 2.47. The van der Waals surface area contributed by atoms with Crippen molar-refractivity contribution in [3.05, 3.63) is 43.0 Å². The van der Waals surface area contributed by atoms with Gasteiger partial charge < -0.3 is 4.74 Å². The van der Waals surface area contributed by atoms with Crippen LogP contribution in [0.1, 0.15) is 27.0 Å². The van der Waals surface area contributed by atoms with Crippen molar-refractivity contribution in [2.75, 3.05) is 0 Å². The molecule has 0 amide bonds. The predicted molar refractivity (Wildman–Crippen MR) is 70.6 cm³/mol. The number of benzene rings is 1. The van der Waals surface area contributed by atoms with Crippen molar-refractivity contribution < 1.29 is 9.53 Å². The van der Waals surface area contributed by atoms with Gasteiger partial charge in [0.15, 0.2) is 0 Å². The molecule has 1 aromatic heterocycles. The summed E-state index contributed by atoms with van der Waals surface area (Å²) >= 11 is 0. The van der Waals surface area contributed by atoms with Crippen LogP contribution in [0.3, 0.4) is 0 Å². The number of nitrogens with zero attached hydrogens (tertiary/aromatic N) is 3. The lowest BCUT2D eigenvalue weighted by Crippen LogP contribution is -2.34. The molecule has 0 aliphatic carbocycles. The second kappa shape index (κ2) is 5.22. The van der Waals surface area contributed by atoms with Crippen molar-refractivity contribution in [2.24, 2.45) is 5.41 Å². The van der Waals surface area contributed by atoms with Gasteiger partial charge in [-0.25, -0.2) is 9.67 Å². The van der Waals surface area contributed by atoms with Gasteiger partial charge >= 0.3 is 0 Å². The molecule has 100 valence electrons. The third kappa shape index (κ3) is 3.19. The Kier molecular flexibility index (Phi) is 3.64. The van der Waals surface area contributed by atoms with E-state index in [-0.39, 0.29) is 5.78 Å². The summed E-state index contributed by atoms with van der Waals surface area (Å²) in [7, 11) is 0. The number of aromatic nitrogens is 3. The molecule has 1 atom stereocenters. The highest BCUT2D eigenvalue weighted by atomic mass is 16.5. The molecule has 0 aliphatic rings. The van der Waals surface area contributed by atoms with E-state index in [4.69, 9.17) is 4.74 Å². The topological polar surface area (TPSA) is 57.0 Å². The number of para-hydroxylation sites is 1. The number of carbonyl (C=O) groups excluding carboxylic acids is 1. The lowest BCUT2D eigenvalue weighted by Gasteiger charge is -2.25. The summed E-state index contributed by atoms with van der Waals surface area (Å²) in [5.74, 6) is 0.572. The highest BCUT2D eigenvalue weighted by Gasteiger charge is 2.33. The van der Waals surface area contributed by atoms with Crippen LogP contribution in [0, 0.1) is 5.41 Å². The van der Waals surface area contributed by atoms with Gasteiger partial charge in [-0.05, 0) is 12.1 Å². The Morgan fingerprint density at radius 2 is 1.95 bits per heavy atom. The molecular formula is C14H17N3O2. The maximum atomic E-state index is 12.5. The monoisotopic (exact) mass is 259 g/mol. The van der Waals surface area contributed by atoms with Crippen LogP contribution in [0.15, 0.2) is 43.0 Å². The van der Waals surface area contributed by atoms with E-state index < -0.39 is 11.6 Å². The van der Waals surface area contributed by atoms with Crippen LogP contribution >= 0.6 is 0 Å². The van der Waals surface area contributed by atoms with Gasteiger partial charge in [0.1, 0.15) is 18.4 Å². The molecule has 2 rings (SSSR count). The molecule has 0 radical (unpaired) electrons. The van der Waals surface area contributed by atoms with Gasteiger partial charge in [-0.2, -0.15) is 5.10 Å². The maximum absolute atomic E-state index is 12.5. The van der Waals surface area contributed by atoms with E-state index in [1.54, 1.807) is 12.1 Å². The number of ketones is 1. The third-order valence-corrected chi connectivity index (χ3v) is 2.63. The molecule has 1 aromatic carbocycles. The maximum Gasteiger partial charge on any atom is 0.252 e. The number of ether oxygens (including phenoxy) is 1. The fourth-order valence-corrected chi connectivity index (χ4v) is 1.56. The Labute approximate surface area is 112 Å². The van der Waals surface area contributed by atoms with Crippen LogP contribution in [0.2, 0.25) is 0 Å². The van der Waals surface area contributed by atoms with E-state index in [1.807, 2.05) is 39.0 Å². The summed E-state index contributed by atoms with van der Waals surface area (Å²) in [6, 6.07) is 9.22. The first-order chi connectivity index (χ1) is 8.98. The Bertz CT molecular complexity index is 530. The normalized spacial score (nSPS) is 13.0. The smallest absolute Gasteiger partial charge is 0.252 e. The van der Waals surface area contributed by atoms with Gasteiger partial charge in [0.25, 0.3) is 6.23 Å². The van der Waals surface area contributed by atoms with Gasteiger partial charge in [-0.3, -0.25) is 4.79 Å². The van der Waals surface area contributed by atoms with Crippen molar-refractivity contribution in [3.63, 3.8) is 0 Å². The molecule has 19 heavy (non-hydrogen) atoms. The number of Topliss-reactive ketones (excluding diaryl/α,β-unsaturated/α-hetero) is 1. The molecule has 0 spiro atoms. The molecule has 1 heterocycles. The number of hydrogen-bond donors (Lipinski definition) is 0. The lowest BCUT2D eigenvalue weighted by atomic mass is 9.90. The van der Waals surface area contributed by atoms with Crippen LogP contribution in [0.25, 0.3) is 0 Å². The molecule has 2 aromatic rings. The zero-order chi connectivity index (χ0) is 13.9. The Hall–Kier alpha value is -2.17. The summed E-state index contributed by atoms with van der Waals surface area (Å²) in [5, 5.41) is 4.01. The van der Waals surface area contributed by atoms with Crippen LogP contribution < -0.4 is 4.74 Å². The minimum atomic E-state index is -0.801. The summed E-state index contributed by atoms with van der Waals surface area (Å²) in [6.45, 7) is 5.56. The molecule has 0 N–H and O–H groups in total. The van der Waals surface area contributed by atoms with E-state index >= 15 is 0 Å². The van der Waals surface area contributed by atoms with Crippen LogP contribution in [0.5, 0.6) is 5.75 Å². The fraction of sp³-hybridized carbons (Fsp3) is 0.357. The second-order valence-electron chi connectivity index (χ2n) is 5.27. The average molecular weight is 259 g/mol. The highest BCUT2D eigenvalue weighted by molar-refractivity contribution is 5.86. The second-order valence-corrected chi connectivity index (χ2v) is 5.27. The summed E-state index contributed by atoms with van der Waals surface area (Å²) in [5.41, 5.74) is -0.522. The average Bonchev–Trinajstić information content (AvgIpc) is 2.89. The summed E-state index contributed by atoms with van der Waals surface area (Å²) in [4.78, 5) is 16.3. The number of carbonyl (C=O) groups is 1. The Morgan fingerprint density at radius 3 is 2.47 bits per heavy atom. The van der Waals surface area contributed by atoms with Gasteiger partial charge in [-0.15, -0.1) is 0 Å².